The number of alkyl halides is 3. The van der Waals surface area contributed by atoms with Crippen LogP contribution in [0.2, 0.25) is 0 Å². The predicted molar refractivity (Wildman–Crippen MR) is 78.3 cm³/mol. The monoisotopic (exact) mass is 295 g/mol. The summed E-state index contributed by atoms with van der Waals surface area (Å²) < 4.78 is 39.3. The molecule has 1 saturated carbocycles. The van der Waals surface area contributed by atoms with Crippen LogP contribution in [0.1, 0.15) is 56.6 Å². The minimum atomic E-state index is -4.32. The SMILES string of the molecule is CC1(C)CCCCC1c1c[nH]c2c(C(F)(F)F)cccc12. The summed E-state index contributed by atoms with van der Waals surface area (Å²) in [5.74, 6) is 0.323. The summed E-state index contributed by atoms with van der Waals surface area (Å²) in [4.78, 5) is 2.88. The Morgan fingerprint density at radius 3 is 2.62 bits per heavy atom. The molecule has 0 radical (unpaired) electrons. The van der Waals surface area contributed by atoms with Crippen molar-refractivity contribution in [2.24, 2.45) is 5.41 Å². The van der Waals surface area contributed by atoms with Gasteiger partial charge < -0.3 is 4.98 Å². The zero-order valence-corrected chi connectivity index (χ0v) is 12.3. The Morgan fingerprint density at radius 1 is 1.19 bits per heavy atom. The van der Waals surface area contributed by atoms with Crippen LogP contribution in [0.25, 0.3) is 10.9 Å². The van der Waals surface area contributed by atoms with Crippen molar-refractivity contribution in [1.29, 1.82) is 0 Å². The fourth-order valence-corrected chi connectivity index (χ4v) is 3.77. The molecule has 3 rings (SSSR count). The summed E-state index contributed by atoms with van der Waals surface area (Å²) in [6.45, 7) is 4.45. The van der Waals surface area contributed by atoms with Crippen molar-refractivity contribution in [3.8, 4) is 0 Å². The van der Waals surface area contributed by atoms with Crippen LogP contribution in [0.5, 0.6) is 0 Å². The van der Waals surface area contributed by atoms with Gasteiger partial charge in [-0.1, -0.05) is 38.8 Å². The van der Waals surface area contributed by atoms with Gasteiger partial charge >= 0.3 is 6.18 Å². The zero-order chi connectivity index (χ0) is 15.3. The second kappa shape index (κ2) is 4.79. The second-order valence-electron chi connectivity index (χ2n) is 6.76. The molecule has 4 heteroatoms. The first-order valence-electron chi connectivity index (χ1n) is 7.48. The molecule has 21 heavy (non-hydrogen) atoms. The number of hydrogen-bond donors (Lipinski definition) is 1. The summed E-state index contributed by atoms with van der Waals surface area (Å²) in [6, 6.07) is 4.47. The summed E-state index contributed by atoms with van der Waals surface area (Å²) in [6.07, 6.45) is 2.01. The molecule has 0 spiro atoms. The van der Waals surface area contributed by atoms with Gasteiger partial charge in [0.2, 0.25) is 0 Å². The number of aromatic nitrogens is 1. The quantitative estimate of drug-likeness (QED) is 0.677. The number of aromatic amines is 1. The molecular weight excluding hydrogens is 275 g/mol. The number of nitrogens with one attached hydrogen (secondary N) is 1. The lowest BCUT2D eigenvalue weighted by Crippen LogP contribution is -2.25. The first-order chi connectivity index (χ1) is 9.81. The normalized spacial score (nSPS) is 22.6. The van der Waals surface area contributed by atoms with E-state index in [1.807, 2.05) is 0 Å². The third kappa shape index (κ3) is 2.45. The van der Waals surface area contributed by atoms with E-state index < -0.39 is 11.7 Å². The van der Waals surface area contributed by atoms with Gasteiger partial charge in [-0.3, -0.25) is 0 Å². The summed E-state index contributed by atoms with van der Waals surface area (Å²) in [7, 11) is 0. The lowest BCUT2D eigenvalue weighted by atomic mass is 9.66. The smallest absolute Gasteiger partial charge is 0.360 e. The average molecular weight is 295 g/mol. The Hall–Kier alpha value is -1.45. The fraction of sp³-hybridized carbons (Fsp3) is 0.529. The van der Waals surface area contributed by atoms with Gasteiger partial charge in [0.25, 0.3) is 0 Å². The van der Waals surface area contributed by atoms with Crippen molar-refractivity contribution in [2.45, 2.75) is 51.6 Å². The molecule has 1 heterocycles. The van der Waals surface area contributed by atoms with Gasteiger partial charge in [0.15, 0.2) is 0 Å². The van der Waals surface area contributed by atoms with Crippen LogP contribution < -0.4 is 0 Å². The molecule has 1 N–H and O–H groups in total. The number of fused-ring (bicyclic) bond motifs is 1. The van der Waals surface area contributed by atoms with Gasteiger partial charge in [-0.05, 0) is 35.8 Å². The van der Waals surface area contributed by atoms with E-state index in [1.54, 1.807) is 12.3 Å². The largest absolute Gasteiger partial charge is 0.418 e. The maximum Gasteiger partial charge on any atom is 0.418 e. The van der Waals surface area contributed by atoms with E-state index in [4.69, 9.17) is 0 Å². The lowest BCUT2D eigenvalue weighted by Gasteiger charge is -2.38. The molecule has 2 aromatic rings. The maximum atomic E-state index is 13.1. The summed E-state index contributed by atoms with van der Waals surface area (Å²) in [5.41, 5.74) is 0.837. The molecule has 114 valence electrons. The van der Waals surface area contributed by atoms with Crippen LogP contribution in [0.15, 0.2) is 24.4 Å². The van der Waals surface area contributed by atoms with Crippen LogP contribution in [0, 0.1) is 5.41 Å². The lowest BCUT2D eigenvalue weighted by molar-refractivity contribution is -0.136. The standard InChI is InChI=1S/C17H20F3N/c1-16(2)9-4-3-7-13(16)12-10-21-15-11(12)6-5-8-14(15)17(18,19)20/h5-6,8,10,13,21H,3-4,7,9H2,1-2H3. The third-order valence-electron chi connectivity index (χ3n) is 4.94. The van der Waals surface area contributed by atoms with Gasteiger partial charge in [0.05, 0.1) is 11.1 Å². The minimum Gasteiger partial charge on any atom is -0.360 e. The summed E-state index contributed by atoms with van der Waals surface area (Å²) >= 11 is 0. The van der Waals surface area contributed by atoms with E-state index in [9.17, 15) is 13.2 Å². The maximum absolute atomic E-state index is 13.1. The number of para-hydroxylation sites is 1. The Labute approximate surface area is 122 Å². The van der Waals surface area contributed by atoms with E-state index in [2.05, 4.69) is 18.8 Å². The second-order valence-corrected chi connectivity index (χ2v) is 6.76. The van der Waals surface area contributed by atoms with Crippen molar-refractivity contribution in [1.82, 2.24) is 4.98 Å². The van der Waals surface area contributed by atoms with Crippen molar-refractivity contribution in [3.63, 3.8) is 0 Å². The molecule has 1 aliphatic rings. The molecular formula is C17H20F3N. The first-order valence-corrected chi connectivity index (χ1v) is 7.48. The molecule has 0 aliphatic heterocycles. The third-order valence-corrected chi connectivity index (χ3v) is 4.94. The fourth-order valence-electron chi connectivity index (χ4n) is 3.77. The number of rotatable bonds is 1. The Balaban J connectivity index is 2.13. The van der Waals surface area contributed by atoms with E-state index in [0.717, 1.165) is 36.3 Å². The van der Waals surface area contributed by atoms with Crippen molar-refractivity contribution < 1.29 is 13.2 Å². The molecule has 0 bridgehead atoms. The van der Waals surface area contributed by atoms with Crippen LogP contribution in [0.4, 0.5) is 13.2 Å². The highest BCUT2D eigenvalue weighted by atomic mass is 19.4. The van der Waals surface area contributed by atoms with Crippen LogP contribution in [0.3, 0.4) is 0 Å². The van der Waals surface area contributed by atoms with Gasteiger partial charge in [-0.2, -0.15) is 13.2 Å². The molecule has 1 aliphatic carbocycles. The first kappa shape index (κ1) is 14.5. The molecule has 1 nitrogen and oxygen atoms in total. The predicted octanol–water partition coefficient (Wildman–Crippen LogP) is 5.87. The van der Waals surface area contributed by atoms with Crippen LogP contribution in [-0.4, -0.2) is 4.98 Å². The van der Waals surface area contributed by atoms with E-state index in [-0.39, 0.29) is 10.9 Å². The molecule has 0 amide bonds. The van der Waals surface area contributed by atoms with Gasteiger partial charge in [0.1, 0.15) is 0 Å². The number of halogens is 3. The summed E-state index contributed by atoms with van der Waals surface area (Å²) in [5, 5.41) is 0.727. The van der Waals surface area contributed by atoms with Crippen molar-refractivity contribution >= 4 is 10.9 Å². The Kier molecular flexibility index (Phi) is 3.30. The number of hydrogen-bond acceptors (Lipinski definition) is 0. The van der Waals surface area contributed by atoms with E-state index in [1.165, 1.54) is 12.5 Å². The highest BCUT2D eigenvalue weighted by Gasteiger charge is 2.37. The van der Waals surface area contributed by atoms with Crippen LogP contribution >= 0.6 is 0 Å². The average Bonchev–Trinajstić information content (AvgIpc) is 2.80. The van der Waals surface area contributed by atoms with Crippen molar-refractivity contribution in [3.05, 3.63) is 35.5 Å². The molecule has 0 saturated heterocycles. The molecule has 1 aromatic heterocycles. The number of benzene rings is 1. The van der Waals surface area contributed by atoms with Gasteiger partial charge in [-0.15, -0.1) is 0 Å². The highest BCUT2D eigenvalue weighted by molar-refractivity contribution is 5.87. The molecule has 1 unspecified atom stereocenters. The topological polar surface area (TPSA) is 15.8 Å². The van der Waals surface area contributed by atoms with E-state index >= 15 is 0 Å². The highest BCUT2D eigenvalue weighted by Crippen LogP contribution is 2.49. The van der Waals surface area contributed by atoms with Crippen molar-refractivity contribution in [2.75, 3.05) is 0 Å². The Bertz CT molecular complexity index is 652. The zero-order valence-electron chi connectivity index (χ0n) is 12.3. The molecule has 1 atom stereocenters. The molecule has 1 aromatic carbocycles. The van der Waals surface area contributed by atoms with Gasteiger partial charge in [0, 0.05) is 11.6 Å². The minimum absolute atomic E-state index is 0.140. The number of H-pyrrole nitrogens is 1. The Morgan fingerprint density at radius 2 is 1.95 bits per heavy atom. The van der Waals surface area contributed by atoms with Gasteiger partial charge in [-0.25, -0.2) is 0 Å². The molecule has 1 fully saturated rings. The van der Waals surface area contributed by atoms with Crippen LogP contribution in [-0.2, 0) is 6.18 Å². The van der Waals surface area contributed by atoms with E-state index in [0.29, 0.717) is 5.92 Å².